The number of nitrogens with one attached hydrogen (secondary N) is 1. The number of nitrogens with zero attached hydrogens (tertiary/aromatic N) is 1. The fraction of sp³-hybridized carbons (Fsp3) is 0.909. The molecule has 2 rings (SSSR count). The number of amides is 2. The number of hydrogen-bond donors (Lipinski definition) is 1. The molecule has 3 nitrogen and oxygen atoms in total. The fourth-order valence-corrected chi connectivity index (χ4v) is 2.57. The minimum Gasteiger partial charge on any atom is -0.338 e. The lowest BCUT2D eigenvalue weighted by Gasteiger charge is -2.34. The van der Waals surface area contributed by atoms with Crippen molar-refractivity contribution >= 4 is 6.03 Å². The van der Waals surface area contributed by atoms with Gasteiger partial charge in [0.1, 0.15) is 0 Å². The molecule has 0 spiro atoms. The third-order valence-corrected chi connectivity index (χ3v) is 3.38. The van der Waals surface area contributed by atoms with Gasteiger partial charge in [0.2, 0.25) is 0 Å². The zero-order chi connectivity index (χ0) is 9.80. The smallest absolute Gasteiger partial charge is 0.317 e. The first-order chi connectivity index (χ1) is 6.88. The monoisotopic (exact) mass is 196 g/mol. The van der Waals surface area contributed by atoms with E-state index >= 15 is 0 Å². The molecular formula is C11H20N2O. The molecule has 1 saturated heterocycles. The van der Waals surface area contributed by atoms with Gasteiger partial charge in [-0.15, -0.1) is 0 Å². The Kier molecular flexibility index (Phi) is 3.27. The average Bonchev–Trinajstić information content (AvgIpc) is 2.47. The van der Waals surface area contributed by atoms with Crippen molar-refractivity contribution in [2.45, 2.75) is 51.0 Å². The third-order valence-electron chi connectivity index (χ3n) is 3.38. The Morgan fingerprint density at radius 2 is 1.79 bits per heavy atom. The molecule has 1 heterocycles. The highest BCUT2D eigenvalue weighted by atomic mass is 16.2. The van der Waals surface area contributed by atoms with Gasteiger partial charge < -0.3 is 10.2 Å². The molecule has 0 aromatic heterocycles. The van der Waals surface area contributed by atoms with E-state index in [1.54, 1.807) is 0 Å². The van der Waals surface area contributed by atoms with Gasteiger partial charge in [0.05, 0.1) is 0 Å². The summed E-state index contributed by atoms with van der Waals surface area (Å²) in [5.41, 5.74) is 0. The van der Waals surface area contributed by atoms with Gasteiger partial charge in [-0.05, 0) is 19.3 Å². The van der Waals surface area contributed by atoms with Crippen LogP contribution in [0.25, 0.3) is 0 Å². The lowest BCUT2D eigenvalue weighted by atomic mass is 10.1. The van der Waals surface area contributed by atoms with Crippen LogP contribution in [-0.4, -0.2) is 30.1 Å². The van der Waals surface area contributed by atoms with Gasteiger partial charge in [-0.3, -0.25) is 0 Å². The Hall–Kier alpha value is -0.730. The van der Waals surface area contributed by atoms with E-state index in [2.05, 4.69) is 10.2 Å². The number of carbonyl (C=O) groups is 1. The number of urea groups is 1. The third kappa shape index (κ3) is 2.20. The van der Waals surface area contributed by atoms with Crippen LogP contribution >= 0.6 is 0 Å². The van der Waals surface area contributed by atoms with Crippen LogP contribution in [0.3, 0.4) is 0 Å². The van der Waals surface area contributed by atoms with Crippen molar-refractivity contribution < 1.29 is 4.79 Å². The van der Waals surface area contributed by atoms with E-state index in [0.717, 1.165) is 19.5 Å². The van der Waals surface area contributed by atoms with Crippen molar-refractivity contribution in [3.8, 4) is 0 Å². The normalized spacial score (nSPS) is 25.7. The summed E-state index contributed by atoms with van der Waals surface area (Å²) >= 11 is 0. The summed E-state index contributed by atoms with van der Waals surface area (Å²) in [4.78, 5) is 13.7. The van der Waals surface area contributed by atoms with Gasteiger partial charge in [-0.25, -0.2) is 4.79 Å². The summed E-state index contributed by atoms with van der Waals surface area (Å²) in [6.45, 7) is 1.83. The molecule has 0 unspecified atom stereocenters. The topological polar surface area (TPSA) is 32.3 Å². The lowest BCUT2D eigenvalue weighted by molar-refractivity contribution is 0.154. The van der Waals surface area contributed by atoms with Crippen LogP contribution in [0.5, 0.6) is 0 Å². The molecule has 0 radical (unpaired) electrons. The van der Waals surface area contributed by atoms with Gasteiger partial charge >= 0.3 is 6.03 Å². The van der Waals surface area contributed by atoms with E-state index in [4.69, 9.17) is 0 Å². The Labute approximate surface area is 85.8 Å². The van der Waals surface area contributed by atoms with Crippen molar-refractivity contribution in [3.63, 3.8) is 0 Å². The van der Waals surface area contributed by atoms with Crippen LogP contribution in [0.15, 0.2) is 0 Å². The molecule has 1 saturated carbocycles. The standard InChI is InChI=1S/C11H20N2O/c14-11-12-8-5-9-13(11)10-6-3-1-2-4-7-10/h10H,1-9H2,(H,12,14). The molecule has 0 bridgehead atoms. The SMILES string of the molecule is O=C1NCCCN1C1CCCCCC1. The van der Waals surface area contributed by atoms with E-state index in [0.29, 0.717) is 6.04 Å². The molecular weight excluding hydrogens is 176 g/mol. The molecule has 1 aliphatic heterocycles. The Morgan fingerprint density at radius 1 is 1.07 bits per heavy atom. The highest BCUT2D eigenvalue weighted by Crippen LogP contribution is 2.22. The maximum absolute atomic E-state index is 11.6. The largest absolute Gasteiger partial charge is 0.338 e. The van der Waals surface area contributed by atoms with Gasteiger partial charge in [0, 0.05) is 19.1 Å². The first kappa shape index (κ1) is 9.81. The van der Waals surface area contributed by atoms with Crippen molar-refractivity contribution in [1.29, 1.82) is 0 Å². The Balaban J connectivity index is 1.93. The molecule has 2 fully saturated rings. The first-order valence-electron chi connectivity index (χ1n) is 5.92. The summed E-state index contributed by atoms with van der Waals surface area (Å²) < 4.78 is 0. The van der Waals surface area contributed by atoms with E-state index < -0.39 is 0 Å². The number of hydrogen-bond acceptors (Lipinski definition) is 1. The maximum Gasteiger partial charge on any atom is 0.317 e. The van der Waals surface area contributed by atoms with Crippen LogP contribution in [0.2, 0.25) is 0 Å². The molecule has 2 amide bonds. The second kappa shape index (κ2) is 4.67. The van der Waals surface area contributed by atoms with E-state index in [1.807, 2.05) is 0 Å². The van der Waals surface area contributed by atoms with Gasteiger partial charge in [-0.2, -0.15) is 0 Å². The molecule has 3 heteroatoms. The number of rotatable bonds is 1. The molecule has 1 aliphatic carbocycles. The van der Waals surface area contributed by atoms with E-state index in [1.165, 1.54) is 38.5 Å². The van der Waals surface area contributed by atoms with Gasteiger partial charge in [0.25, 0.3) is 0 Å². The van der Waals surface area contributed by atoms with Crippen LogP contribution in [-0.2, 0) is 0 Å². The minimum atomic E-state index is 0.170. The van der Waals surface area contributed by atoms with Crippen LogP contribution in [0.1, 0.15) is 44.9 Å². The Morgan fingerprint density at radius 3 is 2.43 bits per heavy atom. The average molecular weight is 196 g/mol. The maximum atomic E-state index is 11.6. The van der Waals surface area contributed by atoms with Crippen LogP contribution in [0, 0.1) is 0 Å². The summed E-state index contributed by atoms with van der Waals surface area (Å²) in [5.74, 6) is 0. The second-order valence-electron chi connectivity index (χ2n) is 4.42. The van der Waals surface area contributed by atoms with E-state index in [-0.39, 0.29) is 6.03 Å². The fourth-order valence-electron chi connectivity index (χ4n) is 2.57. The second-order valence-corrected chi connectivity index (χ2v) is 4.42. The quantitative estimate of drug-likeness (QED) is 0.640. The Bertz CT molecular complexity index is 197. The lowest BCUT2D eigenvalue weighted by Crippen LogP contribution is -2.51. The molecule has 0 aromatic rings. The number of carbonyl (C=O) groups excluding carboxylic acids is 1. The molecule has 0 atom stereocenters. The van der Waals surface area contributed by atoms with Crippen molar-refractivity contribution in [2.75, 3.05) is 13.1 Å². The molecule has 80 valence electrons. The summed E-state index contributed by atoms with van der Waals surface area (Å²) in [5, 5.41) is 2.94. The zero-order valence-corrected chi connectivity index (χ0v) is 8.80. The van der Waals surface area contributed by atoms with Crippen molar-refractivity contribution in [1.82, 2.24) is 10.2 Å². The molecule has 1 N–H and O–H groups in total. The first-order valence-corrected chi connectivity index (χ1v) is 5.92. The summed E-state index contributed by atoms with van der Waals surface area (Å²) in [6, 6.07) is 0.695. The predicted octanol–water partition coefficient (Wildman–Crippen LogP) is 2.12. The van der Waals surface area contributed by atoms with Crippen LogP contribution < -0.4 is 5.32 Å². The minimum absolute atomic E-state index is 0.170. The molecule has 2 aliphatic rings. The summed E-state index contributed by atoms with van der Waals surface area (Å²) in [6.07, 6.45) is 8.85. The predicted molar refractivity (Wildman–Crippen MR) is 56.2 cm³/mol. The summed E-state index contributed by atoms with van der Waals surface area (Å²) in [7, 11) is 0. The zero-order valence-electron chi connectivity index (χ0n) is 8.80. The molecule has 14 heavy (non-hydrogen) atoms. The molecule has 0 aromatic carbocycles. The van der Waals surface area contributed by atoms with Gasteiger partial charge in [0.15, 0.2) is 0 Å². The highest BCUT2D eigenvalue weighted by molar-refractivity contribution is 5.75. The van der Waals surface area contributed by atoms with Gasteiger partial charge in [-0.1, -0.05) is 25.7 Å². The van der Waals surface area contributed by atoms with Crippen LogP contribution in [0.4, 0.5) is 4.79 Å². The van der Waals surface area contributed by atoms with E-state index in [9.17, 15) is 4.79 Å². The highest BCUT2D eigenvalue weighted by Gasteiger charge is 2.26. The van der Waals surface area contributed by atoms with Crippen molar-refractivity contribution in [3.05, 3.63) is 0 Å². The van der Waals surface area contributed by atoms with Crippen molar-refractivity contribution in [2.24, 2.45) is 0 Å².